The fourth-order valence-electron chi connectivity index (χ4n) is 20.3. The van der Waals surface area contributed by atoms with E-state index in [1.165, 1.54) is 0 Å². The Bertz CT molecular complexity index is 1070. The first-order chi connectivity index (χ1) is 14.8. The van der Waals surface area contributed by atoms with Crippen LogP contribution in [0.1, 0.15) is 125 Å². The SMILES string of the molecule is CC1C(C)C2(C)C1(C)C1(C)C2(C)C2(C)C1(C)C1(C)C3(C)C4(C)C(C)(C)C(C)(C)C4(C)C3(C)C21C. The predicted octanol–water partition coefficient (Wildman–Crippen LogP) is 9.48. The van der Waals surface area contributed by atoms with Gasteiger partial charge in [-0.2, -0.15) is 0 Å². The van der Waals surface area contributed by atoms with Crippen molar-refractivity contribution in [1.82, 2.24) is 0 Å². The van der Waals surface area contributed by atoms with Crippen molar-refractivity contribution < 1.29 is 0 Å². The lowest BCUT2D eigenvalue weighted by molar-refractivity contribution is -0.761. The third kappa shape index (κ3) is 0.879. The van der Waals surface area contributed by atoms with Crippen LogP contribution < -0.4 is 0 Å². The van der Waals surface area contributed by atoms with Crippen molar-refractivity contribution in [3.05, 3.63) is 0 Å². The third-order valence-corrected chi connectivity index (χ3v) is 22.8. The molecule has 7 aliphatic rings. The van der Waals surface area contributed by atoms with Gasteiger partial charge in [0.25, 0.3) is 0 Å². The average molecular weight is 465 g/mol. The minimum Gasteiger partial charge on any atom is -0.0617 e. The lowest BCUT2D eigenvalue weighted by Gasteiger charge is -3.22. The van der Waals surface area contributed by atoms with Crippen molar-refractivity contribution >= 4 is 0 Å². The van der Waals surface area contributed by atoms with E-state index in [0.29, 0.717) is 75.8 Å². The molecular formula is C34H56. The summed E-state index contributed by atoms with van der Waals surface area (Å²) in [6.07, 6.45) is 0. The first-order valence-corrected chi connectivity index (χ1v) is 14.8. The Morgan fingerprint density at radius 3 is 0.676 bits per heavy atom. The molecule has 0 nitrogen and oxygen atoms in total. The highest BCUT2D eigenvalue weighted by Crippen LogP contribution is 3.24. The van der Waals surface area contributed by atoms with Crippen LogP contribution in [-0.2, 0) is 0 Å². The molecule has 0 aliphatic heterocycles. The van der Waals surface area contributed by atoms with Crippen molar-refractivity contribution in [2.24, 2.45) is 87.6 Å². The second kappa shape index (κ2) is 4.17. The highest BCUT2D eigenvalue weighted by molar-refractivity contribution is 5.66. The number of hydrogen-bond donors (Lipinski definition) is 0. The topological polar surface area (TPSA) is 0 Å². The minimum absolute atomic E-state index is 0.347. The molecule has 7 fully saturated rings. The van der Waals surface area contributed by atoms with Crippen LogP contribution in [0, 0.1) is 87.6 Å². The summed E-state index contributed by atoms with van der Waals surface area (Å²) in [5.41, 5.74) is 5.42. The van der Waals surface area contributed by atoms with Gasteiger partial charge in [0.1, 0.15) is 0 Å². The molecule has 7 aliphatic carbocycles. The molecule has 7 rings (SSSR count). The highest BCUT2D eigenvalue weighted by Gasteiger charge is 3.20. The molecule has 0 aromatic carbocycles. The summed E-state index contributed by atoms with van der Waals surface area (Å²) in [7, 11) is 0. The summed E-state index contributed by atoms with van der Waals surface area (Å²) in [5, 5.41) is 0. The predicted molar refractivity (Wildman–Crippen MR) is 143 cm³/mol. The fourth-order valence-corrected chi connectivity index (χ4v) is 20.3. The monoisotopic (exact) mass is 464 g/mol. The Morgan fingerprint density at radius 1 is 0.265 bits per heavy atom. The summed E-state index contributed by atoms with van der Waals surface area (Å²) in [6.45, 7) is 49.1. The molecule has 192 valence electrons. The number of rotatable bonds is 0. The zero-order chi connectivity index (χ0) is 26.2. The Hall–Kier alpha value is 0. The molecule has 0 bridgehead atoms. The van der Waals surface area contributed by atoms with Crippen molar-refractivity contribution in [1.29, 1.82) is 0 Å². The van der Waals surface area contributed by atoms with Crippen molar-refractivity contribution in [3.63, 3.8) is 0 Å². The Balaban J connectivity index is 1.55. The number of fused-ring (bicyclic) bond motifs is 16. The molecule has 7 saturated carbocycles. The van der Waals surface area contributed by atoms with Gasteiger partial charge in [-0.1, -0.05) is 125 Å². The van der Waals surface area contributed by atoms with Gasteiger partial charge >= 0.3 is 0 Å². The van der Waals surface area contributed by atoms with Crippen molar-refractivity contribution in [2.75, 3.05) is 0 Å². The van der Waals surface area contributed by atoms with Gasteiger partial charge in [0.05, 0.1) is 0 Å². The van der Waals surface area contributed by atoms with E-state index in [9.17, 15) is 0 Å². The first-order valence-electron chi connectivity index (χ1n) is 14.8. The number of hydrogen-bond acceptors (Lipinski definition) is 0. The molecule has 0 N–H and O–H groups in total. The van der Waals surface area contributed by atoms with Gasteiger partial charge in [-0.25, -0.2) is 0 Å². The Morgan fingerprint density at radius 2 is 0.441 bits per heavy atom. The van der Waals surface area contributed by atoms with E-state index >= 15 is 0 Å². The first kappa shape index (κ1) is 23.1. The molecule has 0 amide bonds. The molecular weight excluding hydrogens is 408 g/mol. The summed E-state index contributed by atoms with van der Waals surface area (Å²) < 4.78 is 0. The molecule has 0 heterocycles. The van der Waals surface area contributed by atoms with Crippen LogP contribution in [0.15, 0.2) is 0 Å². The lowest BCUT2D eigenvalue weighted by atomic mass is 8.81. The summed E-state index contributed by atoms with van der Waals surface area (Å²) in [5.74, 6) is 1.65. The van der Waals surface area contributed by atoms with Crippen LogP contribution in [0.4, 0.5) is 0 Å². The van der Waals surface area contributed by atoms with Crippen LogP contribution in [0.3, 0.4) is 0 Å². The van der Waals surface area contributed by atoms with Crippen LogP contribution in [0.25, 0.3) is 0 Å². The standard InChI is InChI=1S/C34H56/c1-19-20(2)24(8)23(19,7)27(11)28(24,12)32(16)31(27,15)33(17)29(13)25(9)21(3,4)22(5,6)26(25,10)30(29,14)34(32,33)18/h19-20H,1-18H3. The Kier molecular flexibility index (Phi) is 2.84. The van der Waals surface area contributed by atoms with Gasteiger partial charge in [-0.3, -0.25) is 0 Å². The largest absolute Gasteiger partial charge is 0.0617 e. The average Bonchev–Trinajstić information content (AvgIpc) is 2.79. The summed E-state index contributed by atoms with van der Waals surface area (Å²) >= 11 is 0. The zero-order valence-electron chi connectivity index (χ0n) is 26.2. The molecule has 0 heteroatoms. The summed E-state index contributed by atoms with van der Waals surface area (Å²) in [4.78, 5) is 0. The molecule has 0 saturated heterocycles. The smallest absolute Gasteiger partial charge is 0.0131 e. The highest BCUT2D eigenvalue weighted by atomic mass is 15.2. The van der Waals surface area contributed by atoms with Gasteiger partial charge in [-0.15, -0.1) is 0 Å². The van der Waals surface area contributed by atoms with E-state index in [4.69, 9.17) is 0 Å². The lowest BCUT2D eigenvalue weighted by Crippen LogP contribution is -3.19. The molecule has 34 heavy (non-hydrogen) atoms. The van der Waals surface area contributed by atoms with Gasteiger partial charge in [0.15, 0.2) is 0 Å². The van der Waals surface area contributed by atoms with Gasteiger partial charge in [0.2, 0.25) is 0 Å². The van der Waals surface area contributed by atoms with Crippen LogP contribution in [0.5, 0.6) is 0 Å². The molecule has 0 radical (unpaired) electrons. The van der Waals surface area contributed by atoms with E-state index in [2.05, 4.69) is 125 Å². The van der Waals surface area contributed by atoms with Crippen molar-refractivity contribution in [3.8, 4) is 0 Å². The van der Waals surface area contributed by atoms with E-state index in [0.717, 1.165) is 11.8 Å². The van der Waals surface area contributed by atoms with Crippen LogP contribution in [0.2, 0.25) is 0 Å². The maximum Gasteiger partial charge on any atom is -0.0131 e. The summed E-state index contributed by atoms with van der Waals surface area (Å²) in [6, 6.07) is 0. The van der Waals surface area contributed by atoms with Crippen LogP contribution in [-0.4, -0.2) is 0 Å². The molecule has 14 atom stereocenters. The van der Waals surface area contributed by atoms with Gasteiger partial charge < -0.3 is 0 Å². The third-order valence-electron chi connectivity index (χ3n) is 22.8. The van der Waals surface area contributed by atoms with Gasteiger partial charge in [0, 0.05) is 0 Å². The fraction of sp³-hybridized carbons (Fsp3) is 1.00. The van der Waals surface area contributed by atoms with Crippen molar-refractivity contribution in [2.45, 2.75) is 125 Å². The second-order valence-corrected chi connectivity index (χ2v) is 18.5. The van der Waals surface area contributed by atoms with E-state index in [-0.39, 0.29) is 0 Å². The molecule has 0 spiro atoms. The quantitative estimate of drug-likeness (QED) is 0.313. The maximum absolute atomic E-state index is 2.82. The normalized spacial score (nSPS) is 81.4. The Labute approximate surface area is 212 Å². The molecule has 14 unspecified atom stereocenters. The van der Waals surface area contributed by atoms with E-state index < -0.39 is 0 Å². The maximum atomic E-state index is 2.82. The molecule has 0 aromatic rings. The van der Waals surface area contributed by atoms with E-state index in [1.54, 1.807) is 0 Å². The zero-order valence-corrected chi connectivity index (χ0v) is 26.2. The minimum atomic E-state index is 0.347. The van der Waals surface area contributed by atoms with Gasteiger partial charge in [-0.05, 0) is 87.6 Å². The molecule has 0 aromatic heterocycles. The van der Waals surface area contributed by atoms with Crippen LogP contribution >= 0.6 is 0 Å². The van der Waals surface area contributed by atoms with E-state index in [1.807, 2.05) is 0 Å². The second-order valence-electron chi connectivity index (χ2n) is 18.5.